The van der Waals surface area contributed by atoms with E-state index in [9.17, 15) is 5.11 Å². The number of hydrogen-bond acceptors (Lipinski definition) is 2. The highest BCUT2D eigenvalue weighted by Gasteiger charge is 2.17. The quantitative estimate of drug-likeness (QED) is 0.697. The Hall–Kier alpha value is -1.77. The third kappa shape index (κ3) is 1.09. The van der Waals surface area contributed by atoms with Crippen LogP contribution in [0.15, 0.2) is 23.2 Å². The van der Waals surface area contributed by atoms with E-state index in [1.54, 1.807) is 0 Å². The fourth-order valence-electron chi connectivity index (χ4n) is 2.13. The molecular formula is C12H12N2O. The van der Waals surface area contributed by atoms with Crippen molar-refractivity contribution in [1.82, 2.24) is 4.57 Å². The van der Waals surface area contributed by atoms with Crippen LogP contribution in [0.4, 0.5) is 5.82 Å². The summed E-state index contributed by atoms with van der Waals surface area (Å²) in [6, 6.07) is 6.12. The topological polar surface area (TPSA) is 37.5 Å². The molecule has 76 valence electrons. The Balaban J connectivity index is 2.45. The fraction of sp³-hybridized carbons (Fsp3) is 0.250. The van der Waals surface area contributed by atoms with Crippen LogP contribution in [0.1, 0.15) is 12.0 Å². The molecule has 3 rings (SSSR count). The highest BCUT2D eigenvalue weighted by Crippen LogP contribution is 2.39. The minimum atomic E-state index is 0.310. The van der Waals surface area contributed by atoms with Gasteiger partial charge in [0.25, 0.3) is 0 Å². The van der Waals surface area contributed by atoms with E-state index >= 15 is 0 Å². The molecular weight excluding hydrogens is 188 g/mol. The van der Waals surface area contributed by atoms with Gasteiger partial charge in [0, 0.05) is 24.6 Å². The normalized spacial score (nSPS) is 14.5. The first-order valence-corrected chi connectivity index (χ1v) is 5.12. The molecule has 0 amide bonds. The van der Waals surface area contributed by atoms with E-state index in [4.69, 9.17) is 0 Å². The van der Waals surface area contributed by atoms with Gasteiger partial charge in [0.15, 0.2) is 11.6 Å². The Labute approximate surface area is 87.7 Å². The van der Waals surface area contributed by atoms with Crippen molar-refractivity contribution < 1.29 is 5.11 Å². The molecule has 1 aliphatic heterocycles. The van der Waals surface area contributed by atoms with Gasteiger partial charge in [-0.3, -0.25) is 0 Å². The van der Waals surface area contributed by atoms with Gasteiger partial charge in [0.2, 0.25) is 0 Å². The van der Waals surface area contributed by atoms with Crippen LogP contribution in [0.5, 0.6) is 5.75 Å². The van der Waals surface area contributed by atoms with Gasteiger partial charge >= 0.3 is 0 Å². The monoisotopic (exact) mass is 200 g/mol. The van der Waals surface area contributed by atoms with Crippen molar-refractivity contribution >= 4 is 22.9 Å². The number of aromatic nitrogens is 1. The van der Waals surface area contributed by atoms with Crippen molar-refractivity contribution in [2.45, 2.75) is 19.9 Å². The Kier molecular flexibility index (Phi) is 1.63. The van der Waals surface area contributed by atoms with Crippen molar-refractivity contribution in [3.63, 3.8) is 0 Å². The van der Waals surface area contributed by atoms with Gasteiger partial charge in [-0.25, -0.2) is 4.99 Å². The summed E-state index contributed by atoms with van der Waals surface area (Å²) in [5.41, 5.74) is 2.23. The van der Waals surface area contributed by atoms with Crippen LogP contribution < -0.4 is 0 Å². The van der Waals surface area contributed by atoms with Crippen LogP contribution in [-0.4, -0.2) is 15.9 Å². The number of aliphatic imine (C=N–C) groups is 1. The van der Waals surface area contributed by atoms with Crippen LogP contribution in [-0.2, 0) is 6.54 Å². The van der Waals surface area contributed by atoms with Crippen LogP contribution in [0, 0.1) is 6.92 Å². The summed E-state index contributed by atoms with van der Waals surface area (Å²) in [5.74, 6) is 1.01. The molecule has 0 saturated heterocycles. The molecule has 1 aromatic carbocycles. The fourth-order valence-corrected chi connectivity index (χ4v) is 2.13. The average Bonchev–Trinajstić information content (AvgIpc) is 2.54. The lowest BCUT2D eigenvalue weighted by Gasteiger charge is -2.09. The van der Waals surface area contributed by atoms with Crippen molar-refractivity contribution in [2.75, 3.05) is 0 Å². The zero-order valence-electron chi connectivity index (χ0n) is 8.57. The molecule has 0 bridgehead atoms. The Morgan fingerprint density at radius 1 is 1.40 bits per heavy atom. The zero-order chi connectivity index (χ0) is 10.4. The summed E-state index contributed by atoms with van der Waals surface area (Å²) in [6.07, 6.45) is 2.80. The zero-order valence-corrected chi connectivity index (χ0v) is 8.57. The number of benzene rings is 1. The standard InChI is InChI=1S/C12H12N2O/c1-8-3-4-10-9(7-8)11(15)12-13-5-2-6-14(10)12/h3-5,7,15H,2,6H2,1H3. The lowest BCUT2D eigenvalue weighted by Crippen LogP contribution is -2.01. The van der Waals surface area contributed by atoms with Crippen LogP contribution >= 0.6 is 0 Å². The second-order valence-electron chi connectivity index (χ2n) is 3.94. The average molecular weight is 200 g/mol. The largest absolute Gasteiger partial charge is 0.504 e. The van der Waals surface area contributed by atoms with Crippen LogP contribution in [0.25, 0.3) is 10.9 Å². The maximum atomic E-state index is 10.0. The lowest BCUT2D eigenvalue weighted by molar-refractivity contribution is 0.480. The third-order valence-electron chi connectivity index (χ3n) is 2.86. The molecule has 0 fully saturated rings. The molecule has 0 radical (unpaired) electrons. The molecule has 3 nitrogen and oxygen atoms in total. The van der Waals surface area contributed by atoms with E-state index in [0.717, 1.165) is 29.4 Å². The summed E-state index contributed by atoms with van der Waals surface area (Å²) in [6.45, 7) is 2.93. The van der Waals surface area contributed by atoms with Crippen molar-refractivity contribution in [3.8, 4) is 5.75 Å². The van der Waals surface area contributed by atoms with E-state index in [0.29, 0.717) is 11.6 Å². The highest BCUT2D eigenvalue weighted by atomic mass is 16.3. The van der Waals surface area contributed by atoms with Gasteiger partial charge in [-0.1, -0.05) is 11.6 Å². The minimum absolute atomic E-state index is 0.310. The van der Waals surface area contributed by atoms with Gasteiger partial charge in [-0.15, -0.1) is 0 Å². The molecule has 2 heterocycles. The molecule has 0 spiro atoms. The summed E-state index contributed by atoms with van der Waals surface area (Å²) in [5, 5.41) is 10.9. The molecule has 3 heteroatoms. The lowest BCUT2D eigenvalue weighted by atomic mass is 10.2. The molecule has 0 atom stereocenters. The van der Waals surface area contributed by atoms with Crippen molar-refractivity contribution in [3.05, 3.63) is 23.8 Å². The van der Waals surface area contributed by atoms with Gasteiger partial charge in [0.1, 0.15) is 0 Å². The van der Waals surface area contributed by atoms with Crippen molar-refractivity contribution in [1.29, 1.82) is 0 Å². The molecule has 0 aliphatic carbocycles. The van der Waals surface area contributed by atoms with Gasteiger partial charge in [0.05, 0.1) is 5.52 Å². The Morgan fingerprint density at radius 2 is 2.27 bits per heavy atom. The number of rotatable bonds is 0. The minimum Gasteiger partial charge on any atom is -0.504 e. The number of fused-ring (bicyclic) bond motifs is 3. The van der Waals surface area contributed by atoms with E-state index in [1.165, 1.54) is 0 Å². The summed E-state index contributed by atoms with van der Waals surface area (Å²) in [7, 11) is 0. The van der Waals surface area contributed by atoms with E-state index < -0.39 is 0 Å². The number of aromatic hydroxyl groups is 1. The molecule has 15 heavy (non-hydrogen) atoms. The third-order valence-corrected chi connectivity index (χ3v) is 2.86. The number of hydrogen-bond donors (Lipinski definition) is 1. The van der Waals surface area contributed by atoms with E-state index in [1.807, 2.05) is 19.2 Å². The SMILES string of the molecule is Cc1ccc2c(c1)c(O)c1n2CCC=N1. The van der Waals surface area contributed by atoms with Crippen LogP contribution in [0.2, 0.25) is 0 Å². The molecule has 1 aliphatic rings. The predicted molar refractivity (Wildman–Crippen MR) is 61.1 cm³/mol. The first-order valence-electron chi connectivity index (χ1n) is 5.12. The first kappa shape index (κ1) is 8.53. The second-order valence-corrected chi connectivity index (χ2v) is 3.94. The van der Waals surface area contributed by atoms with Crippen molar-refractivity contribution in [2.24, 2.45) is 4.99 Å². The summed E-state index contributed by atoms with van der Waals surface area (Å²) >= 11 is 0. The summed E-state index contributed by atoms with van der Waals surface area (Å²) in [4.78, 5) is 4.25. The van der Waals surface area contributed by atoms with Gasteiger partial charge in [-0.05, 0) is 19.1 Å². The molecule has 1 aromatic heterocycles. The van der Waals surface area contributed by atoms with E-state index in [2.05, 4.69) is 21.7 Å². The predicted octanol–water partition coefficient (Wildman–Crippen LogP) is 2.76. The van der Waals surface area contributed by atoms with Gasteiger partial charge < -0.3 is 9.67 Å². The second kappa shape index (κ2) is 2.86. The maximum Gasteiger partial charge on any atom is 0.176 e. The Bertz CT molecular complexity index is 566. The molecule has 1 N–H and O–H groups in total. The molecule has 0 saturated carbocycles. The Morgan fingerprint density at radius 3 is 3.13 bits per heavy atom. The molecule has 2 aromatic rings. The number of aryl methyl sites for hydroxylation is 2. The van der Waals surface area contributed by atoms with Crippen LogP contribution in [0.3, 0.4) is 0 Å². The molecule has 0 unspecified atom stereocenters. The number of nitrogens with zero attached hydrogens (tertiary/aromatic N) is 2. The highest BCUT2D eigenvalue weighted by molar-refractivity contribution is 5.94. The van der Waals surface area contributed by atoms with E-state index in [-0.39, 0.29) is 0 Å². The maximum absolute atomic E-state index is 10.0. The smallest absolute Gasteiger partial charge is 0.176 e. The first-order chi connectivity index (χ1) is 7.27. The summed E-state index contributed by atoms with van der Waals surface area (Å²) < 4.78 is 2.07. The van der Waals surface area contributed by atoms with Gasteiger partial charge in [-0.2, -0.15) is 0 Å².